The Morgan fingerprint density at radius 2 is 2.15 bits per heavy atom. The second-order valence-electron chi connectivity index (χ2n) is 2.44. The van der Waals surface area contributed by atoms with E-state index in [-0.39, 0.29) is 24.5 Å². The molecule has 0 spiro atoms. The molecule has 4 nitrogen and oxygen atoms in total. The number of nitrogens with two attached hydrogens (primary N) is 1. The number of carbonyl (C=O) groups is 1. The Labute approximate surface area is 75.9 Å². The monoisotopic (exact) mass is 181 g/mol. The third kappa shape index (κ3) is 2.45. The van der Waals surface area contributed by atoms with Crippen molar-refractivity contribution in [2.75, 3.05) is 13.2 Å². The van der Waals surface area contributed by atoms with Gasteiger partial charge in [-0.05, 0) is 12.1 Å². The highest BCUT2D eigenvalue weighted by Gasteiger charge is 2.10. The van der Waals surface area contributed by atoms with Gasteiger partial charge in [0.25, 0.3) is 0 Å². The first-order valence-corrected chi connectivity index (χ1v) is 3.91. The minimum absolute atomic E-state index is 0.0791. The van der Waals surface area contributed by atoms with Crippen LogP contribution in [0.1, 0.15) is 10.4 Å². The summed E-state index contributed by atoms with van der Waals surface area (Å²) in [5.41, 5.74) is 5.32. The molecule has 1 aromatic carbocycles. The summed E-state index contributed by atoms with van der Waals surface area (Å²) in [6.45, 7) is 0.437. The van der Waals surface area contributed by atoms with E-state index < -0.39 is 5.97 Å². The predicted molar refractivity (Wildman–Crippen MR) is 47.4 cm³/mol. The zero-order valence-electron chi connectivity index (χ0n) is 7.06. The molecule has 0 aliphatic carbocycles. The molecule has 0 aliphatic rings. The van der Waals surface area contributed by atoms with Gasteiger partial charge in [-0.25, -0.2) is 4.79 Å². The van der Waals surface area contributed by atoms with Gasteiger partial charge in [0.05, 0.1) is 0 Å². The van der Waals surface area contributed by atoms with E-state index in [0.717, 1.165) is 0 Å². The van der Waals surface area contributed by atoms with Crippen LogP contribution in [0.25, 0.3) is 0 Å². The molecule has 0 aliphatic heterocycles. The molecule has 0 unspecified atom stereocenters. The number of hydrogen-bond acceptors (Lipinski definition) is 4. The average Bonchev–Trinajstić information content (AvgIpc) is 2.15. The molecule has 70 valence electrons. The fourth-order valence-electron chi connectivity index (χ4n) is 0.876. The lowest BCUT2D eigenvalue weighted by Crippen LogP contribution is -2.13. The van der Waals surface area contributed by atoms with Crippen LogP contribution < -0.4 is 5.73 Å². The van der Waals surface area contributed by atoms with Gasteiger partial charge in [-0.3, -0.25) is 0 Å². The molecule has 0 atom stereocenters. The summed E-state index contributed by atoms with van der Waals surface area (Å²) in [4.78, 5) is 11.2. The Morgan fingerprint density at radius 3 is 2.77 bits per heavy atom. The third-order valence-electron chi connectivity index (χ3n) is 1.47. The SMILES string of the molecule is NCCOC(=O)c1ccccc1O. The molecule has 3 N–H and O–H groups in total. The number of phenolic OH excluding ortho intramolecular Hbond substituents is 1. The van der Waals surface area contributed by atoms with Gasteiger partial charge in [0.2, 0.25) is 0 Å². The second-order valence-corrected chi connectivity index (χ2v) is 2.44. The fraction of sp³-hybridized carbons (Fsp3) is 0.222. The quantitative estimate of drug-likeness (QED) is 0.666. The van der Waals surface area contributed by atoms with Gasteiger partial charge in [-0.1, -0.05) is 12.1 Å². The molecule has 0 bridgehead atoms. The van der Waals surface area contributed by atoms with Crippen LogP contribution in [0.2, 0.25) is 0 Å². The van der Waals surface area contributed by atoms with Gasteiger partial charge in [0, 0.05) is 6.54 Å². The highest BCUT2D eigenvalue weighted by molar-refractivity contribution is 5.92. The Bertz CT molecular complexity index is 299. The number of para-hydroxylation sites is 1. The zero-order valence-corrected chi connectivity index (χ0v) is 7.06. The number of aromatic hydroxyl groups is 1. The van der Waals surface area contributed by atoms with Gasteiger partial charge in [0.1, 0.15) is 17.9 Å². The van der Waals surface area contributed by atoms with E-state index in [9.17, 15) is 9.90 Å². The van der Waals surface area contributed by atoms with Crippen LogP contribution in [-0.4, -0.2) is 24.2 Å². The van der Waals surface area contributed by atoms with Crippen molar-refractivity contribution in [1.82, 2.24) is 0 Å². The molecule has 1 aromatic rings. The lowest BCUT2D eigenvalue weighted by Gasteiger charge is -2.03. The van der Waals surface area contributed by atoms with E-state index in [1.165, 1.54) is 12.1 Å². The minimum atomic E-state index is -0.552. The normalized spacial score (nSPS) is 9.62. The molecule has 0 fully saturated rings. The summed E-state index contributed by atoms with van der Waals surface area (Å²) in [6.07, 6.45) is 0. The Balaban J connectivity index is 2.71. The summed E-state index contributed by atoms with van der Waals surface area (Å²) in [5, 5.41) is 9.25. The number of carbonyl (C=O) groups excluding carboxylic acids is 1. The number of esters is 1. The zero-order chi connectivity index (χ0) is 9.68. The Hall–Kier alpha value is -1.55. The largest absolute Gasteiger partial charge is 0.507 e. The summed E-state index contributed by atoms with van der Waals surface area (Å²) in [5.74, 6) is -0.631. The maximum Gasteiger partial charge on any atom is 0.341 e. The predicted octanol–water partition coefficient (Wildman–Crippen LogP) is 0.508. The smallest absolute Gasteiger partial charge is 0.341 e. The summed E-state index contributed by atoms with van der Waals surface area (Å²) in [6, 6.07) is 6.21. The van der Waals surface area contributed by atoms with Gasteiger partial charge >= 0.3 is 5.97 Å². The third-order valence-corrected chi connectivity index (χ3v) is 1.47. The van der Waals surface area contributed by atoms with Crippen molar-refractivity contribution in [3.8, 4) is 5.75 Å². The first kappa shape index (κ1) is 9.54. The number of rotatable bonds is 3. The van der Waals surface area contributed by atoms with E-state index in [1.54, 1.807) is 12.1 Å². The van der Waals surface area contributed by atoms with Crippen molar-refractivity contribution in [1.29, 1.82) is 0 Å². The van der Waals surface area contributed by atoms with Gasteiger partial charge in [-0.2, -0.15) is 0 Å². The number of benzene rings is 1. The maximum absolute atomic E-state index is 11.2. The number of hydrogen-bond donors (Lipinski definition) is 2. The van der Waals surface area contributed by atoms with Crippen LogP contribution >= 0.6 is 0 Å². The van der Waals surface area contributed by atoms with E-state index in [4.69, 9.17) is 10.5 Å². The lowest BCUT2D eigenvalue weighted by atomic mass is 10.2. The standard InChI is InChI=1S/C9H11NO3/c10-5-6-13-9(12)7-3-1-2-4-8(7)11/h1-4,11H,5-6,10H2. The highest BCUT2D eigenvalue weighted by atomic mass is 16.5. The molecular weight excluding hydrogens is 170 g/mol. The molecule has 0 saturated carbocycles. The van der Waals surface area contributed by atoms with E-state index in [0.29, 0.717) is 0 Å². The molecule has 0 radical (unpaired) electrons. The Kier molecular flexibility index (Phi) is 3.28. The number of phenols is 1. The van der Waals surface area contributed by atoms with Crippen LogP contribution in [0.4, 0.5) is 0 Å². The molecule has 0 amide bonds. The van der Waals surface area contributed by atoms with Gasteiger partial charge < -0.3 is 15.6 Å². The molecule has 13 heavy (non-hydrogen) atoms. The van der Waals surface area contributed by atoms with Crippen LogP contribution in [0, 0.1) is 0 Å². The van der Waals surface area contributed by atoms with Crippen LogP contribution in [0.3, 0.4) is 0 Å². The Morgan fingerprint density at radius 1 is 1.46 bits per heavy atom. The molecular formula is C9H11NO3. The molecule has 0 saturated heterocycles. The number of ether oxygens (including phenoxy) is 1. The fourth-order valence-corrected chi connectivity index (χ4v) is 0.876. The van der Waals surface area contributed by atoms with Gasteiger partial charge in [0.15, 0.2) is 0 Å². The summed E-state index contributed by atoms with van der Waals surface area (Å²) < 4.78 is 4.73. The lowest BCUT2D eigenvalue weighted by molar-refractivity contribution is 0.0513. The van der Waals surface area contributed by atoms with E-state index in [2.05, 4.69) is 0 Å². The van der Waals surface area contributed by atoms with E-state index in [1.807, 2.05) is 0 Å². The topological polar surface area (TPSA) is 72.5 Å². The van der Waals surface area contributed by atoms with Crippen molar-refractivity contribution in [2.45, 2.75) is 0 Å². The van der Waals surface area contributed by atoms with Crippen molar-refractivity contribution >= 4 is 5.97 Å². The highest BCUT2D eigenvalue weighted by Crippen LogP contribution is 2.16. The van der Waals surface area contributed by atoms with Crippen molar-refractivity contribution < 1.29 is 14.6 Å². The first-order valence-electron chi connectivity index (χ1n) is 3.91. The maximum atomic E-state index is 11.2. The average molecular weight is 181 g/mol. The van der Waals surface area contributed by atoms with Crippen LogP contribution in [0.5, 0.6) is 5.75 Å². The first-order chi connectivity index (χ1) is 6.25. The van der Waals surface area contributed by atoms with E-state index >= 15 is 0 Å². The molecule has 0 aromatic heterocycles. The van der Waals surface area contributed by atoms with Crippen molar-refractivity contribution in [3.63, 3.8) is 0 Å². The minimum Gasteiger partial charge on any atom is -0.507 e. The molecule has 4 heteroatoms. The van der Waals surface area contributed by atoms with Gasteiger partial charge in [-0.15, -0.1) is 0 Å². The van der Waals surface area contributed by atoms with Crippen molar-refractivity contribution in [2.24, 2.45) is 5.73 Å². The van der Waals surface area contributed by atoms with Crippen LogP contribution in [-0.2, 0) is 4.74 Å². The summed E-state index contributed by atoms with van der Waals surface area (Å²) in [7, 11) is 0. The van der Waals surface area contributed by atoms with Crippen LogP contribution in [0.15, 0.2) is 24.3 Å². The molecule has 1 rings (SSSR count). The van der Waals surface area contributed by atoms with Crippen molar-refractivity contribution in [3.05, 3.63) is 29.8 Å². The molecule has 0 heterocycles. The summed E-state index contributed by atoms with van der Waals surface area (Å²) >= 11 is 0. The second kappa shape index (κ2) is 4.47.